The van der Waals surface area contributed by atoms with E-state index in [1.54, 1.807) is 0 Å². The molecule has 1 saturated carbocycles. The van der Waals surface area contributed by atoms with E-state index in [-0.39, 0.29) is 18.8 Å². The summed E-state index contributed by atoms with van der Waals surface area (Å²) < 4.78 is 5.16. The minimum absolute atomic E-state index is 0.132. The van der Waals surface area contributed by atoms with E-state index >= 15 is 0 Å². The molecule has 0 heterocycles. The van der Waals surface area contributed by atoms with Crippen molar-refractivity contribution in [2.24, 2.45) is 10.9 Å². The maximum absolute atomic E-state index is 11.6. The molecule has 0 aromatic heterocycles. The number of aliphatic carboxylic acids is 1. The van der Waals surface area contributed by atoms with Gasteiger partial charge in [0.15, 0.2) is 0 Å². The number of esters is 1. The zero-order valence-electron chi connectivity index (χ0n) is 10.5. The fourth-order valence-corrected chi connectivity index (χ4v) is 2.16. The van der Waals surface area contributed by atoms with Gasteiger partial charge in [-0.15, -0.1) is 0 Å². The Labute approximate surface area is 105 Å². The predicted octanol–water partition coefficient (Wildman–Crippen LogP) is 1.29. The molecule has 0 aromatic carbocycles. The molecular formula is C12H17NO5. The Kier molecular flexibility index (Phi) is 4.62. The number of carbonyl (C=O) groups excluding carboxylic acids is 2. The van der Waals surface area contributed by atoms with E-state index in [2.05, 4.69) is 4.99 Å². The maximum atomic E-state index is 11.6. The Morgan fingerprint density at radius 1 is 1.56 bits per heavy atom. The van der Waals surface area contributed by atoms with Crippen LogP contribution in [0.5, 0.6) is 0 Å². The first-order chi connectivity index (χ1) is 8.42. The summed E-state index contributed by atoms with van der Waals surface area (Å²) >= 11 is 0. The quantitative estimate of drug-likeness (QED) is 0.454. The van der Waals surface area contributed by atoms with Crippen LogP contribution in [0.4, 0.5) is 0 Å². The number of hydrogen-bond acceptors (Lipinski definition) is 5. The SMILES string of the molecule is CC(C)CC(=O)OC1CCCC1(N=C=O)C(=O)O. The van der Waals surface area contributed by atoms with Crippen molar-refractivity contribution >= 4 is 18.0 Å². The lowest BCUT2D eigenvalue weighted by molar-refractivity contribution is -0.159. The monoisotopic (exact) mass is 255 g/mol. The topological polar surface area (TPSA) is 93.0 Å². The molecule has 0 radical (unpaired) electrons. The smallest absolute Gasteiger partial charge is 0.336 e. The van der Waals surface area contributed by atoms with Crippen LogP contribution in [0, 0.1) is 5.92 Å². The van der Waals surface area contributed by atoms with Gasteiger partial charge in [-0.2, -0.15) is 4.99 Å². The van der Waals surface area contributed by atoms with Gasteiger partial charge < -0.3 is 9.84 Å². The molecule has 2 atom stereocenters. The molecule has 0 spiro atoms. The number of nitrogens with zero attached hydrogens (tertiary/aromatic N) is 1. The van der Waals surface area contributed by atoms with E-state index in [1.165, 1.54) is 6.08 Å². The van der Waals surface area contributed by atoms with Crippen molar-refractivity contribution in [3.05, 3.63) is 0 Å². The van der Waals surface area contributed by atoms with Crippen LogP contribution in [0.3, 0.4) is 0 Å². The Morgan fingerprint density at radius 2 is 2.22 bits per heavy atom. The Morgan fingerprint density at radius 3 is 2.72 bits per heavy atom. The van der Waals surface area contributed by atoms with E-state index in [0.29, 0.717) is 12.8 Å². The first kappa shape index (κ1) is 14.4. The number of carbonyl (C=O) groups is 2. The van der Waals surface area contributed by atoms with Crippen LogP contribution < -0.4 is 0 Å². The fourth-order valence-electron chi connectivity index (χ4n) is 2.16. The highest BCUT2D eigenvalue weighted by molar-refractivity contribution is 5.82. The third kappa shape index (κ3) is 2.96. The van der Waals surface area contributed by atoms with Gasteiger partial charge in [-0.3, -0.25) is 4.79 Å². The summed E-state index contributed by atoms with van der Waals surface area (Å²) in [5.41, 5.74) is -1.64. The van der Waals surface area contributed by atoms with E-state index in [1.807, 2.05) is 13.8 Å². The number of hydrogen-bond donors (Lipinski definition) is 1. The summed E-state index contributed by atoms with van der Waals surface area (Å²) in [7, 11) is 0. The highest BCUT2D eigenvalue weighted by Crippen LogP contribution is 2.36. The van der Waals surface area contributed by atoms with E-state index in [9.17, 15) is 19.5 Å². The van der Waals surface area contributed by atoms with Crippen LogP contribution in [-0.4, -0.2) is 34.8 Å². The van der Waals surface area contributed by atoms with E-state index in [0.717, 1.165) is 0 Å². The van der Waals surface area contributed by atoms with Crippen molar-refractivity contribution in [1.29, 1.82) is 0 Å². The van der Waals surface area contributed by atoms with Gasteiger partial charge in [-0.25, -0.2) is 9.59 Å². The lowest BCUT2D eigenvalue weighted by atomic mass is 9.96. The second kappa shape index (κ2) is 5.78. The average Bonchev–Trinajstić information content (AvgIpc) is 2.62. The lowest BCUT2D eigenvalue weighted by Crippen LogP contribution is -2.46. The minimum Gasteiger partial charge on any atom is -0.479 e. The third-order valence-electron chi connectivity index (χ3n) is 3.02. The first-order valence-electron chi connectivity index (χ1n) is 5.94. The molecule has 0 saturated heterocycles. The van der Waals surface area contributed by atoms with Crippen LogP contribution in [0.15, 0.2) is 4.99 Å². The first-order valence-corrected chi connectivity index (χ1v) is 5.94. The standard InChI is InChI=1S/C12H17NO5/c1-8(2)6-10(15)18-9-4-3-5-12(9,11(16)17)13-7-14/h8-9H,3-6H2,1-2H3,(H,16,17). The van der Waals surface area contributed by atoms with Crippen molar-refractivity contribution in [2.75, 3.05) is 0 Å². The van der Waals surface area contributed by atoms with Crippen molar-refractivity contribution in [3.63, 3.8) is 0 Å². The zero-order chi connectivity index (χ0) is 13.8. The molecule has 0 amide bonds. The van der Waals surface area contributed by atoms with Gasteiger partial charge in [-0.1, -0.05) is 13.8 Å². The second-order valence-electron chi connectivity index (χ2n) is 4.90. The van der Waals surface area contributed by atoms with Crippen molar-refractivity contribution < 1.29 is 24.2 Å². The molecule has 0 aliphatic heterocycles. The molecule has 1 fully saturated rings. The number of isocyanates is 1. The Bertz CT molecular complexity index is 382. The highest BCUT2D eigenvalue weighted by atomic mass is 16.5. The van der Waals surface area contributed by atoms with Crippen LogP contribution in [-0.2, 0) is 19.1 Å². The fraction of sp³-hybridized carbons (Fsp3) is 0.750. The van der Waals surface area contributed by atoms with Crippen molar-refractivity contribution in [3.8, 4) is 0 Å². The highest BCUT2D eigenvalue weighted by Gasteiger charge is 2.52. The molecule has 0 bridgehead atoms. The molecule has 18 heavy (non-hydrogen) atoms. The predicted molar refractivity (Wildman–Crippen MR) is 61.7 cm³/mol. The van der Waals surface area contributed by atoms with Crippen LogP contribution in [0.1, 0.15) is 39.5 Å². The summed E-state index contributed by atoms with van der Waals surface area (Å²) in [5, 5.41) is 9.20. The molecule has 2 unspecified atom stereocenters. The largest absolute Gasteiger partial charge is 0.479 e. The van der Waals surface area contributed by atoms with Gasteiger partial charge in [0.25, 0.3) is 0 Å². The molecule has 1 aliphatic carbocycles. The van der Waals surface area contributed by atoms with Crippen molar-refractivity contribution in [1.82, 2.24) is 0 Å². The molecule has 1 aliphatic rings. The summed E-state index contributed by atoms with van der Waals surface area (Å²) in [5.74, 6) is -1.57. The van der Waals surface area contributed by atoms with Crippen LogP contribution in [0.2, 0.25) is 0 Å². The summed E-state index contributed by atoms with van der Waals surface area (Å²) in [6.07, 6.45) is 1.77. The number of ether oxygens (including phenoxy) is 1. The van der Waals surface area contributed by atoms with E-state index in [4.69, 9.17) is 4.74 Å². The molecule has 6 heteroatoms. The number of carboxylic acids is 1. The van der Waals surface area contributed by atoms with Gasteiger partial charge in [0.1, 0.15) is 6.10 Å². The van der Waals surface area contributed by atoms with Gasteiger partial charge in [0, 0.05) is 6.42 Å². The van der Waals surface area contributed by atoms with E-state index < -0.39 is 23.6 Å². The summed E-state index contributed by atoms with van der Waals surface area (Å²) in [4.78, 5) is 36.6. The molecule has 1 rings (SSSR count). The van der Waals surface area contributed by atoms with Gasteiger partial charge in [0.05, 0.1) is 0 Å². The number of rotatable bonds is 5. The van der Waals surface area contributed by atoms with Gasteiger partial charge in [0.2, 0.25) is 11.6 Å². The number of carboxylic acid groups (broad SMARTS) is 1. The van der Waals surface area contributed by atoms with Gasteiger partial charge in [-0.05, 0) is 25.2 Å². The third-order valence-corrected chi connectivity index (χ3v) is 3.02. The second-order valence-corrected chi connectivity index (χ2v) is 4.90. The Balaban J connectivity index is 2.83. The normalized spacial score (nSPS) is 26.7. The molecule has 100 valence electrons. The van der Waals surface area contributed by atoms with Crippen molar-refractivity contribution in [2.45, 2.75) is 51.2 Å². The van der Waals surface area contributed by atoms with Crippen LogP contribution in [0.25, 0.3) is 0 Å². The average molecular weight is 255 g/mol. The maximum Gasteiger partial charge on any atom is 0.336 e. The minimum atomic E-state index is -1.64. The van der Waals surface area contributed by atoms with Gasteiger partial charge >= 0.3 is 11.9 Å². The molecule has 6 nitrogen and oxygen atoms in total. The summed E-state index contributed by atoms with van der Waals surface area (Å²) in [6, 6.07) is 0. The molecule has 0 aromatic rings. The lowest BCUT2D eigenvalue weighted by Gasteiger charge is -2.25. The zero-order valence-corrected chi connectivity index (χ0v) is 10.5. The van der Waals surface area contributed by atoms with Crippen LogP contribution >= 0.6 is 0 Å². The molecular weight excluding hydrogens is 238 g/mol. The molecule has 1 N–H and O–H groups in total. The number of aliphatic imine (C=N–C) groups is 1. The Hall–Kier alpha value is -1.68. The summed E-state index contributed by atoms with van der Waals surface area (Å²) in [6.45, 7) is 3.73.